The summed E-state index contributed by atoms with van der Waals surface area (Å²) in [6, 6.07) is 9.52. The molecule has 0 amide bonds. The van der Waals surface area contributed by atoms with Crippen molar-refractivity contribution < 1.29 is 4.74 Å². The van der Waals surface area contributed by atoms with Gasteiger partial charge in [-0.25, -0.2) is 0 Å². The van der Waals surface area contributed by atoms with Gasteiger partial charge in [0, 0.05) is 30.7 Å². The summed E-state index contributed by atoms with van der Waals surface area (Å²) in [6.07, 6.45) is 3.83. The quantitative estimate of drug-likeness (QED) is 0.779. The molecule has 1 saturated carbocycles. The fourth-order valence-electron chi connectivity index (χ4n) is 2.54. The summed E-state index contributed by atoms with van der Waals surface area (Å²) in [5.41, 5.74) is 1.27. The second kappa shape index (κ2) is 6.92. The van der Waals surface area contributed by atoms with Gasteiger partial charge in [-0.05, 0) is 32.4 Å². The van der Waals surface area contributed by atoms with Crippen LogP contribution in [-0.2, 0) is 0 Å². The highest BCUT2D eigenvalue weighted by molar-refractivity contribution is 5.35. The number of methoxy groups -OCH3 is 1. The van der Waals surface area contributed by atoms with Gasteiger partial charge in [-0.3, -0.25) is 0 Å². The molecule has 0 aromatic heterocycles. The Bertz CT molecular complexity index is 390. The molecule has 1 unspecified atom stereocenters. The van der Waals surface area contributed by atoms with E-state index < -0.39 is 0 Å². The summed E-state index contributed by atoms with van der Waals surface area (Å²) >= 11 is 0. The maximum atomic E-state index is 5.45. The van der Waals surface area contributed by atoms with Gasteiger partial charge < -0.3 is 15.0 Å². The number of para-hydroxylation sites is 1. The Morgan fingerprint density at radius 3 is 2.74 bits per heavy atom. The van der Waals surface area contributed by atoms with Crippen LogP contribution < -0.4 is 10.1 Å². The lowest BCUT2D eigenvalue weighted by Crippen LogP contribution is -2.32. The van der Waals surface area contributed by atoms with Crippen LogP contribution in [0, 0.1) is 0 Å². The second-order valence-electron chi connectivity index (χ2n) is 5.37. The van der Waals surface area contributed by atoms with Crippen LogP contribution in [0.25, 0.3) is 0 Å². The minimum absolute atomic E-state index is 0.378. The third-order valence-corrected chi connectivity index (χ3v) is 3.95. The minimum Gasteiger partial charge on any atom is -0.496 e. The van der Waals surface area contributed by atoms with Crippen molar-refractivity contribution in [3.8, 4) is 5.75 Å². The van der Waals surface area contributed by atoms with E-state index in [0.29, 0.717) is 6.04 Å². The Morgan fingerprint density at radius 2 is 2.11 bits per heavy atom. The molecule has 1 aromatic rings. The number of nitrogens with one attached hydrogen (secondary N) is 1. The molecule has 1 aromatic carbocycles. The van der Waals surface area contributed by atoms with E-state index in [1.807, 2.05) is 12.1 Å². The van der Waals surface area contributed by atoms with E-state index in [0.717, 1.165) is 31.3 Å². The molecule has 1 fully saturated rings. The lowest BCUT2D eigenvalue weighted by atomic mass is 10.0. The van der Waals surface area contributed by atoms with Crippen molar-refractivity contribution in [2.24, 2.45) is 0 Å². The van der Waals surface area contributed by atoms with E-state index in [-0.39, 0.29) is 0 Å². The van der Waals surface area contributed by atoms with E-state index in [4.69, 9.17) is 4.74 Å². The summed E-state index contributed by atoms with van der Waals surface area (Å²) in [5.74, 6) is 0.984. The molecule has 106 valence electrons. The molecule has 1 aliphatic rings. The highest BCUT2D eigenvalue weighted by Gasteiger charge is 2.25. The second-order valence-corrected chi connectivity index (χ2v) is 5.37. The van der Waals surface area contributed by atoms with E-state index >= 15 is 0 Å². The fraction of sp³-hybridized carbons (Fsp3) is 0.625. The molecule has 3 nitrogen and oxygen atoms in total. The standard InChI is InChI=1S/C16H26N2O/c1-4-15(14-7-5-6-8-16(14)19-3)17-11-12-18(2)13-9-10-13/h5-8,13,15,17H,4,9-12H2,1-3H3. The molecule has 19 heavy (non-hydrogen) atoms. The predicted octanol–water partition coefficient (Wildman–Crippen LogP) is 2.83. The summed E-state index contributed by atoms with van der Waals surface area (Å²) in [7, 11) is 3.97. The van der Waals surface area contributed by atoms with Gasteiger partial charge in [0.25, 0.3) is 0 Å². The van der Waals surface area contributed by atoms with E-state index in [2.05, 4.69) is 36.3 Å². The third-order valence-electron chi connectivity index (χ3n) is 3.95. The molecule has 1 N–H and O–H groups in total. The lowest BCUT2D eigenvalue weighted by molar-refractivity contribution is 0.312. The SMILES string of the molecule is CCC(NCCN(C)C1CC1)c1ccccc1OC. The van der Waals surface area contributed by atoms with E-state index in [9.17, 15) is 0 Å². The number of benzene rings is 1. The Balaban J connectivity index is 1.87. The highest BCUT2D eigenvalue weighted by atomic mass is 16.5. The summed E-state index contributed by atoms with van der Waals surface area (Å²) in [5, 5.41) is 3.65. The van der Waals surface area contributed by atoms with Crippen molar-refractivity contribution in [1.29, 1.82) is 0 Å². The molecular formula is C16H26N2O. The van der Waals surface area contributed by atoms with Crippen LogP contribution in [0.15, 0.2) is 24.3 Å². The molecule has 0 bridgehead atoms. The number of hydrogen-bond acceptors (Lipinski definition) is 3. The van der Waals surface area contributed by atoms with Gasteiger partial charge in [-0.15, -0.1) is 0 Å². The number of rotatable bonds is 8. The maximum Gasteiger partial charge on any atom is 0.123 e. The largest absolute Gasteiger partial charge is 0.496 e. The zero-order valence-corrected chi connectivity index (χ0v) is 12.4. The molecule has 0 radical (unpaired) electrons. The Morgan fingerprint density at radius 1 is 1.37 bits per heavy atom. The van der Waals surface area contributed by atoms with Gasteiger partial charge in [0.15, 0.2) is 0 Å². The van der Waals surface area contributed by atoms with Crippen molar-refractivity contribution in [1.82, 2.24) is 10.2 Å². The van der Waals surface area contributed by atoms with E-state index in [1.165, 1.54) is 18.4 Å². The van der Waals surface area contributed by atoms with Crippen molar-refractivity contribution in [2.45, 2.75) is 38.3 Å². The van der Waals surface area contributed by atoms with Crippen molar-refractivity contribution >= 4 is 0 Å². The molecule has 0 heterocycles. The molecule has 0 aliphatic heterocycles. The van der Waals surface area contributed by atoms with Crippen molar-refractivity contribution in [2.75, 3.05) is 27.2 Å². The molecular weight excluding hydrogens is 236 g/mol. The average molecular weight is 262 g/mol. The van der Waals surface area contributed by atoms with Crippen LogP contribution in [0.2, 0.25) is 0 Å². The monoisotopic (exact) mass is 262 g/mol. The molecule has 1 atom stereocenters. The zero-order valence-electron chi connectivity index (χ0n) is 12.4. The molecule has 1 aliphatic carbocycles. The normalized spacial score (nSPS) is 16.6. The van der Waals surface area contributed by atoms with Gasteiger partial charge in [0.1, 0.15) is 5.75 Å². The molecule has 3 heteroatoms. The van der Waals surface area contributed by atoms with E-state index in [1.54, 1.807) is 7.11 Å². The topological polar surface area (TPSA) is 24.5 Å². The van der Waals surface area contributed by atoms with Gasteiger partial charge >= 0.3 is 0 Å². The minimum atomic E-state index is 0.378. The highest BCUT2D eigenvalue weighted by Crippen LogP contribution is 2.27. The zero-order chi connectivity index (χ0) is 13.7. The molecule has 0 spiro atoms. The van der Waals surface area contributed by atoms with Gasteiger partial charge in [0.2, 0.25) is 0 Å². The first-order chi connectivity index (χ1) is 9.26. The van der Waals surface area contributed by atoms with Gasteiger partial charge in [-0.2, -0.15) is 0 Å². The first-order valence-corrected chi connectivity index (χ1v) is 7.32. The first-order valence-electron chi connectivity index (χ1n) is 7.32. The Kier molecular flexibility index (Phi) is 5.23. The van der Waals surface area contributed by atoms with Gasteiger partial charge in [-0.1, -0.05) is 25.1 Å². The van der Waals surface area contributed by atoms with Crippen LogP contribution in [0.3, 0.4) is 0 Å². The average Bonchev–Trinajstić information content (AvgIpc) is 3.28. The maximum absolute atomic E-state index is 5.45. The van der Waals surface area contributed by atoms with Crippen LogP contribution in [0.1, 0.15) is 37.8 Å². The number of nitrogens with zero attached hydrogens (tertiary/aromatic N) is 1. The fourth-order valence-corrected chi connectivity index (χ4v) is 2.54. The summed E-state index contributed by atoms with van der Waals surface area (Å²) in [4.78, 5) is 2.46. The Hall–Kier alpha value is -1.06. The van der Waals surface area contributed by atoms with Crippen LogP contribution in [0.5, 0.6) is 5.75 Å². The van der Waals surface area contributed by atoms with Crippen molar-refractivity contribution in [3.63, 3.8) is 0 Å². The van der Waals surface area contributed by atoms with Crippen LogP contribution >= 0.6 is 0 Å². The Labute approximate surface area is 116 Å². The predicted molar refractivity (Wildman–Crippen MR) is 79.7 cm³/mol. The summed E-state index contributed by atoms with van der Waals surface area (Å²) < 4.78 is 5.45. The first kappa shape index (κ1) is 14.4. The third kappa shape index (κ3) is 3.95. The van der Waals surface area contributed by atoms with Crippen molar-refractivity contribution in [3.05, 3.63) is 29.8 Å². The van der Waals surface area contributed by atoms with Crippen LogP contribution in [0.4, 0.5) is 0 Å². The van der Waals surface area contributed by atoms with Gasteiger partial charge in [0.05, 0.1) is 7.11 Å². The number of ether oxygens (including phenoxy) is 1. The number of hydrogen-bond donors (Lipinski definition) is 1. The molecule has 2 rings (SSSR count). The lowest BCUT2D eigenvalue weighted by Gasteiger charge is -2.22. The van der Waals surface area contributed by atoms with Crippen LogP contribution in [-0.4, -0.2) is 38.2 Å². The smallest absolute Gasteiger partial charge is 0.123 e. The summed E-state index contributed by atoms with van der Waals surface area (Å²) in [6.45, 7) is 4.37. The molecule has 0 saturated heterocycles. The number of likely N-dealkylation sites (N-methyl/N-ethyl adjacent to an activating group) is 1.